The van der Waals surface area contributed by atoms with Crippen LogP contribution in [0.15, 0.2) is 22.0 Å². The van der Waals surface area contributed by atoms with Gasteiger partial charge in [0.2, 0.25) is 5.89 Å². The van der Waals surface area contributed by atoms with Gasteiger partial charge in [-0.3, -0.25) is 0 Å². The van der Waals surface area contributed by atoms with E-state index in [1.165, 1.54) is 4.88 Å². The van der Waals surface area contributed by atoms with E-state index in [1.54, 1.807) is 11.3 Å². The molecule has 4 nitrogen and oxygen atoms in total. The van der Waals surface area contributed by atoms with Crippen molar-refractivity contribution in [3.05, 3.63) is 34.1 Å². The second-order valence-corrected chi connectivity index (χ2v) is 4.30. The highest BCUT2D eigenvalue weighted by Gasteiger charge is 2.16. The lowest BCUT2D eigenvalue weighted by Crippen LogP contribution is -2.06. The van der Waals surface area contributed by atoms with Crippen LogP contribution in [-0.4, -0.2) is 17.2 Å². The Hall–Kier alpha value is -1.20. The van der Waals surface area contributed by atoms with Gasteiger partial charge in [0.05, 0.1) is 12.5 Å². The molecule has 0 aliphatic carbocycles. The number of hydrogen-bond donors (Lipinski definition) is 1. The van der Waals surface area contributed by atoms with Crippen LogP contribution in [0.2, 0.25) is 0 Å². The first-order chi connectivity index (χ1) is 7.31. The molecule has 2 aromatic rings. The van der Waals surface area contributed by atoms with E-state index in [2.05, 4.69) is 33.8 Å². The van der Waals surface area contributed by atoms with Crippen molar-refractivity contribution in [2.45, 2.75) is 19.4 Å². The molecule has 0 aliphatic rings. The van der Waals surface area contributed by atoms with Gasteiger partial charge in [-0.15, -0.1) is 11.3 Å². The Balaban J connectivity index is 2.15. The van der Waals surface area contributed by atoms with Crippen LogP contribution in [0.3, 0.4) is 0 Å². The molecular weight excluding hydrogens is 210 g/mol. The Labute approximate surface area is 92.3 Å². The lowest BCUT2D eigenvalue weighted by Gasteiger charge is -2.01. The molecule has 80 valence electrons. The first-order valence-corrected chi connectivity index (χ1v) is 5.69. The Bertz CT molecular complexity index is 410. The van der Waals surface area contributed by atoms with Crippen LogP contribution in [-0.2, 0) is 6.54 Å². The Morgan fingerprint density at radius 2 is 2.47 bits per heavy atom. The highest BCUT2D eigenvalue weighted by atomic mass is 32.1. The number of rotatable bonds is 4. The van der Waals surface area contributed by atoms with Crippen molar-refractivity contribution in [2.75, 3.05) is 7.05 Å². The maximum Gasteiger partial charge on any atom is 0.234 e. The van der Waals surface area contributed by atoms with Crippen LogP contribution in [0, 0.1) is 0 Å². The van der Waals surface area contributed by atoms with E-state index in [-0.39, 0.29) is 5.92 Å². The molecule has 0 spiro atoms. The van der Waals surface area contributed by atoms with Gasteiger partial charge in [-0.05, 0) is 25.4 Å². The summed E-state index contributed by atoms with van der Waals surface area (Å²) >= 11 is 1.71. The van der Waals surface area contributed by atoms with Gasteiger partial charge in [0.15, 0.2) is 5.82 Å². The minimum absolute atomic E-state index is 0.183. The maximum absolute atomic E-state index is 5.21. The largest absolute Gasteiger partial charge is 0.339 e. The molecule has 1 atom stereocenters. The van der Waals surface area contributed by atoms with Gasteiger partial charge < -0.3 is 9.84 Å². The summed E-state index contributed by atoms with van der Waals surface area (Å²) in [5.41, 5.74) is 0. The highest BCUT2D eigenvalue weighted by Crippen LogP contribution is 2.26. The SMILES string of the molecule is CNCc1noc(C(C)c2cccs2)n1. The molecule has 1 N–H and O–H groups in total. The van der Waals surface area contributed by atoms with Crippen LogP contribution in [0.25, 0.3) is 0 Å². The summed E-state index contributed by atoms with van der Waals surface area (Å²) in [5, 5.41) is 8.93. The van der Waals surface area contributed by atoms with Crippen LogP contribution >= 0.6 is 11.3 Å². The first-order valence-electron chi connectivity index (χ1n) is 4.81. The van der Waals surface area contributed by atoms with E-state index in [0.717, 1.165) is 0 Å². The summed E-state index contributed by atoms with van der Waals surface area (Å²) in [7, 11) is 1.86. The van der Waals surface area contributed by atoms with Gasteiger partial charge in [0, 0.05) is 4.88 Å². The second-order valence-electron chi connectivity index (χ2n) is 3.32. The third-order valence-electron chi connectivity index (χ3n) is 2.16. The first kappa shape index (κ1) is 10.3. The molecule has 2 aromatic heterocycles. The number of nitrogens with one attached hydrogen (secondary N) is 1. The molecule has 2 rings (SSSR count). The van der Waals surface area contributed by atoms with Gasteiger partial charge >= 0.3 is 0 Å². The van der Waals surface area contributed by atoms with Gasteiger partial charge in [-0.25, -0.2) is 0 Å². The number of thiophene rings is 1. The van der Waals surface area contributed by atoms with Gasteiger partial charge in [-0.1, -0.05) is 11.2 Å². The molecule has 2 heterocycles. The normalized spacial score (nSPS) is 12.9. The minimum Gasteiger partial charge on any atom is -0.339 e. The van der Waals surface area contributed by atoms with Crippen LogP contribution < -0.4 is 5.32 Å². The summed E-state index contributed by atoms with van der Waals surface area (Å²) in [4.78, 5) is 5.57. The van der Waals surface area contributed by atoms with Gasteiger partial charge in [0.1, 0.15) is 0 Å². The zero-order chi connectivity index (χ0) is 10.7. The van der Waals surface area contributed by atoms with Crippen molar-refractivity contribution in [3.8, 4) is 0 Å². The van der Waals surface area contributed by atoms with Crippen LogP contribution in [0.5, 0.6) is 0 Å². The molecule has 0 radical (unpaired) electrons. The van der Waals surface area contributed by atoms with Crippen molar-refractivity contribution in [1.29, 1.82) is 0 Å². The lowest BCUT2D eigenvalue weighted by atomic mass is 10.1. The van der Waals surface area contributed by atoms with E-state index in [0.29, 0.717) is 18.3 Å². The van der Waals surface area contributed by atoms with Gasteiger partial charge in [-0.2, -0.15) is 4.98 Å². The third-order valence-corrected chi connectivity index (χ3v) is 3.21. The molecular formula is C10H13N3OS. The number of nitrogens with zero attached hydrogens (tertiary/aromatic N) is 2. The van der Waals surface area contributed by atoms with Crippen LogP contribution in [0.1, 0.15) is 29.4 Å². The molecule has 0 fully saturated rings. The standard InChI is InChI=1S/C10H13N3OS/c1-7(8-4-3-5-15-8)10-12-9(6-11-2)13-14-10/h3-5,7,11H,6H2,1-2H3. The van der Waals surface area contributed by atoms with Crippen molar-refractivity contribution >= 4 is 11.3 Å². The van der Waals surface area contributed by atoms with Crippen molar-refractivity contribution in [3.63, 3.8) is 0 Å². The fourth-order valence-corrected chi connectivity index (χ4v) is 2.11. The lowest BCUT2D eigenvalue weighted by molar-refractivity contribution is 0.365. The smallest absolute Gasteiger partial charge is 0.234 e. The topological polar surface area (TPSA) is 51.0 Å². The fourth-order valence-electron chi connectivity index (χ4n) is 1.33. The second kappa shape index (κ2) is 4.55. The Kier molecular flexibility index (Phi) is 3.13. The number of aromatic nitrogens is 2. The van der Waals surface area contributed by atoms with E-state index in [9.17, 15) is 0 Å². The van der Waals surface area contributed by atoms with E-state index in [1.807, 2.05) is 13.1 Å². The van der Waals surface area contributed by atoms with Crippen molar-refractivity contribution in [2.24, 2.45) is 0 Å². The zero-order valence-corrected chi connectivity index (χ0v) is 9.54. The Morgan fingerprint density at radius 3 is 3.13 bits per heavy atom. The third kappa shape index (κ3) is 2.24. The molecule has 0 bridgehead atoms. The van der Waals surface area contributed by atoms with E-state index < -0.39 is 0 Å². The molecule has 0 amide bonds. The molecule has 0 aliphatic heterocycles. The maximum atomic E-state index is 5.21. The average molecular weight is 223 g/mol. The predicted molar refractivity (Wildman–Crippen MR) is 58.9 cm³/mol. The monoisotopic (exact) mass is 223 g/mol. The fraction of sp³-hybridized carbons (Fsp3) is 0.400. The molecule has 0 saturated heterocycles. The molecule has 0 saturated carbocycles. The zero-order valence-electron chi connectivity index (χ0n) is 8.73. The quantitative estimate of drug-likeness (QED) is 0.861. The average Bonchev–Trinajstić information content (AvgIpc) is 2.87. The predicted octanol–water partition coefficient (Wildman–Crippen LogP) is 2.00. The molecule has 5 heteroatoms. The van der Waals surface area contributed by atoms with Gasteiger partial charge in [0.25, 0.3) is 0 Å². The highest BCUT2D eigenvalue weighted by molar-refractivity contribution is 7.10. The summed E-state index contributed by atoms with van der Waals surface area (Å²) in [6.45, 7) is 2.71. The summed E-state index contributed by atoms with van der Waals surface area (Å²) in [6, 6.07) is 4.11. The minimum atomic E-state index is 0.183. The Morgan fingerprint density at radius 1 is 1.60 bits per heavy atom. The molecule has 1 unspecified atom stereocenters. The molecule has 15 heavy (non-hydrogen) atoms. The van der Waals surface area contributed by atoms with Crippen molar-refractivity contribution < 1.29 is 4.52 Å². The summed E-state index contributed by atoms with van der Waals surface area (Å²) in [5.74, 6) is 1.57. The number of hydrogen-bond acceptors (Lipinski definition) is 5. The van der Waals surface area contributed by atoms with Crippen molar-refractivity contribution in [1.82, 2.24) is 15.5 Å². The van der Waals surface area contributed by atoms with E-state index >= 15 is 0 Å². The van der Waals surface area contributed by atoms with E-state index in [4.69, 9.17) is 4.52 Å². The summed E-state index contributed by atoms with van der Waals surface area (Å²) < 4.78 is 5.21. The molecule has 0 aromatic carbocycles. The van der Waals surface area contributed by atoms with Crippen LogP contribution in [0.4, 0.5) is 0 Å². The summed E-state index contributed by atoms with van der Waals surface area (Å²) in [6.07, 6.45) is 0.